The number of nitrogens with two attached hydrogens (primary N) is 1. The van der Waals surface area contributed by atoms with Crippen molar-refractivity contribution in [3.63, 3.8) is 0 Å². The first-order valence-corrected chi connectivity index (χ1v) is 8.47. The number of carboxylic acids is 1. The smallest absolute Gasteiger partial charge is 0.354 e. The van der Waals surface area contributed by atoms with E-state index in [9.17, 15) is 19.5 Å². The maximum Gasteiger partial charge on any atom is 0.354 e. The molecule has 0 aromatic rings. The number of aliphatic carboxylic acids is 1. The minimum atomic E-state index is -1.16. The van der Waals surface area contributed by atoms with Gasteiger partial charge in [0, 0.05) is 11.3 Å². The van der Waals surface area contributed by atoms with Crippen molar-refractivity contribution in [1.29, 1.82) is 0 Å². The van der Waals surface area contributed by atoms with E-state index in [0.717, 1.165) is 11.8 Å². The van der Waals surface area contributed by atoms with Crippen LogP contribution in [-0.4, -0.2) is 51.6 Å². The van der Waals surface area contributed by atoms with Crippen LogP contribution in [0, 0.1) is 0 Å². The highest BCUT2D eigenvalue weighted by molar-refractivity contribution is 8.23. The molecule has 1 fully saturated rings. The van der Waals surface area contributed by atoms with Crippen molar-refractivity contribution < 1.29 is 24.2 Å². The normalized spacial score (nSPS) is 23.4. The first-order valence-electron chi connectivity index (χ1n) is 6.61. The summed E-state index contributed by atoms with van der Waals surface area (Å²) in [6, 6.07) is -0.835. The summed E-state index contributed by atoms with van der Waals surface area (Å²) in [4.78, 5) is 36.1. The molecule has 1 amide bonds. The second-order valence-corrected chi connectivity index (χ2v) is 6.88. The topological polar surface area (TPSA) is 110 Å². The van der Waals surface area contributed by atoms with Gasteiger partial charge in [0.25, 0.3) is 5.91 Å². The van der Waals surface area contributed by atoms with E-state index in [4.69, 9.17) is 10.5 Å². The Morgan fingerprint density at radius 3 is 2.82 bits per heavy atom. The number of hydrogen-bond donors (Lipinski definition) is 2. The molecular formula is C13H16N2O5S2. The van der Waals surface area contributed by atoms with E-state index in [2.05, 4.69) is 0 Å². The van der Waals surface area contributed by atoms with Crippen LogP contribution < -0.4 is 5.73 Å². The predicted octanol–water partition coefficient (Wildman–Crippen LogP) is 0.725. The molecule has 22 heavy (non-hydrogen) atoms. The Balaban J connectivity index is 2.09. The van der Waals surface area contributed by atoms with Gasteiger partial charge in [0.05, 0.1) is 10.8 Å². The van der Waals surface area contributed by atoms with Crippen LogP contribution in [0.3, 0.4) is 0 Å². The summed E-state index contributed by atoms with van der Waals surface area (Å²) >= 11 is 2.45. The standard InChI is InChI=1S/C13H16N2O5S2/c1-3-6-9(16)15-8(11(17)18)13(22-10(6)15)21-5-7(14)12(19)20-4-2/h3,7,10H,4-5,14H2,1-2H3,(H,17,18)/t7?,10-/m1/s1. The summed E-state index contributed by atoms with van der Waals surface area (Å²) in [5, 5.41) is 9.03. The Bertz CT molecular complexity index is 587. The van der Waals surface area contributed by atoms with Gasteiger partial charge < -0.3 is 15.6 Å². The molecule has 2 aliphatic rings. The maximum atomic E-state index is 11.9. The SMILES string of the molecule is CC=C1C(=O)N2C(C(=O)O)=C(SCC(N)C(=O)OCC)S[C@H]12. The fourth-order valence-electron chi connectivity index (χ4n) is 2.06. The Kier molecular flexibility index (Phi) is 5.20. The lowest BCUT2D eigenvalue weighted by Crippen LogP contribution is -2.51. The highest BCUT2D eigenvalue weighted by Gasteiger charge is 2.52. The lowest BCUT2D eigenvalue weighted by Gasteiger charge is -2.36. The molecular weight excluding hydrogens is 328 g/mol. The third kappa shape index (κ3) is 2.88. The van der Waals surface area contributed by atoms with Gasteiger partial charge in [-0.25, -0.2) is 4.79 Å². The zero-order valence-electron chi connectivity index (χ0n) is 12.1. The quantitative estimate of drug-likeness (QED) is 0.412. The van der Waals surface area contributed by atoms with Gasteiger partial charge in [0.15, 0.2) is 5.70 Å². The third-order valence-electron chi connectivity index (χ3n) is 3.12. The number of esters is 1. The first-order chi connectivity index (χ1) is 10.4. The molecule has 2 heterocycles. The van der Waals surface area contributed by atoms with Crippen molar-refractivity contribution in [3.8, 4) is 0 Å². The van der Waals surface area contributed by atoms with Crippen molar-refractivity contribution in [1.82, 2.24) is 4.90 Å². The monoisotopic (exact) mass is 344 g/mol. The number of amides is 1. The van der Waals surface area contributed by atoms with Gasteiger partial charge in [-0.2, -0.15) is 0 Å². The molecule has 2 atom stereocenters. The highest BCUT2D eigenvalue weighted by atomic mass is 32.2. The average Bonchev–Trinajstić information content (AvgIpc) is 2.80. The highest BCUT2D eigenvalue weighted by Crippen LogP contribution is 2.52. The summed E-state index contributed by atoms with van der Waals surface area (Å²) in [6.45, 7) is 3.67. The van der Waals surface area contributed by atoms with Crippen LogP contribution in [0.25, 0.3) is 0 Å². The number of β-lactam (4-membered cyclic amide) rings is 1. The second kappa shape index (κ2) is 6.76. The Hall–Kier alpha value is -1.45. The van der Waals surface area contributed by atoms with Gasteiger partial charge in [0.2, 0.25) is 0 Å². The van der Waals surface area contributed by atoms with E-state index in [1.54, 1.807) is 19.9 Å². The zero-order chi connectivity index (χ0) is 16.4. The number of thioether (sulfide) groups is 2. The van der Waals surface area contributed by atoms with Gasteiger partial charge in [-0.3, -0.25) is 14.5 Å². The number of carbonyl (C=O) groups excluding carboxylic acids is 2. The van der Waals surface area contributed by atoms with E-state index >= 15 is 0 Å². The molecule has 120 valence electrons. The molecule has 0 aromatic carbocycles. The molecule has 0 aromatic heterocycles. The van der Waals surface area contributed by atoms with Gasteiger partial charge in [0.1, 0.15) is 11.4 Å². The number of nitrogens with zero attached hydrogens (tertiary/aromatic N) is 1. The number of carboxylic acid groups (broad SMARTS) is 1. The van der Waals surface area contributed by atoms with E-state index < -0.39 is 18.0 Å². The van der Waals surface area contributed by atoms with Crippen molar-refractivity contribution in [2.45, 2.75) is 25.3 Å². The van der Waals surface area contributed by atoms with E-state index in [1.807, 2.05) is 0 Å². The van der Waals surface area contributed by atoms with Crippen molar-refractivity contribution in [2.24, 2.45) is 5.73 Å². The maximum absolute atomic E-state index is 11.9. The zero-order valence-corrected chi connectivity index (χ0v) is 13.7. The van der Waals surface area contributed by atoms with E-state index in [0.29, 0.717) is 9.81 Å². The minimum Gasteiger partial charge on any atom is -0.477 e. The van der Waals surface area contributed by atoms with Gasteiger partial charge in [-0.1, -0.05) is 17.8 Å². The average molecular weight is 344 g/mol. The number of carbonyl (C=O) groups is 3. The van der Waals surface area contributed by atoms with Crippen LogP contribution in [0.5, 0.6) is 0 Å². The second-order valence-electron chi connectivity index (χ2n) is 4.50. The predicted molar refractivity (Wildman–Crippen MR) is 83.7 cm³/mol. The Labute approximate surface area is 135 Å². The largest absolute Gasteiger partial charge is 0.477 e. The molecule has 3 N–H and O–H groups in total. The molecule has 0 aliphatic carbocycles. The molecule has 0 radical (unpaired) electrons. The van der Waals surface area contributed by atoms with Crippen molar-refractivity contribution in [2.75, 3.05) is 12.4 Å². The molecule has 0 saturated carbocycles. The Morgan fingerprint density at radius 2 is 2.27 bits per heavy atom. The lowest BCUT2D eigenvalue weighted by atomic mass is 10.1. The fraction of sp³-hybridized carbons (Fsp3) is 0.462. The summed E-state index contributed by atoms with van der Waals surface area (Å²) in [5.41, 5.74) is 6.26. The van der Waals surface area contributed by atoms with Crippen LogP contribution in [0.15, 0.2) is 21.6 Å². The van der Waals surface area contributed by atoms with Crippen LogP contribution in [0.2, 0.25) is 0 Å². The molecule has 0 spiro atoms. The van der Waals surface area contributed by atoms with Crippen molar-refractivity contribution in [3.05, 3.63) is 21.6 Å². The van der Waals surface area contributed by atoms with Crippen molar-refractivity contribution >= 4 is 41.4 Å². The molecule has 1 unspecified atom stereocenters. The van der Waals surface area contributed by atoms with Gasteiger partial charge in [-0.15, -0.1) is 11.8 Å². The number of ether oxygens (including phenoxy) is 1. The third-order valence-corrected chi connectivity index (χ3v) is 5.84. The van der Waals surface area contributed by atoms with Gasteiger partial charge >= 0.3 is 11.9 Å². The number of hydrogen-bond acceptors (Lipinski definition) is 7. The number of allylic oxidation sites excluding steroid dienone is 1. The number of fused-ring (bicyclic) bond motifs is 1. The molecule has 7 nitrogen and oxygen atoms in total. The molecule has 2 aliphatic heterocycles. The van der Waals surface area contributed by atoms with E-state index in [-0.39, 0.29) is 29.3 Å². The molecule has 0 bridgehead atoms. The molecule has 1 saturated heterocycles. The van der Waals surface area contributed by atoms with Crippen LogP contribution >= 0.6 is 23.5 Å². The van der Waals surface area contributed by atoms with E-state index in [1.165, 1.54) is 16.7 Å². The van der Waals surface area contributed by atoms with Crippen LogP contribution in [0.4, 0.5) is 0 Å². The molecule has 2 rings (SSSR count). The lowest BCUT2D eigenvalue weighted by molar-refractivity contribution is -0.144. The van der Waals surface area contributed by atoms with Crippen LogP contribution in [-0.2, 0) is 19.1 Å². The van der Waals surface area contributed by atoms with Gasteiger partial charge in [-0.05, 0) is 13.8 Å². The minimum absolute atomic E-state index is 0.0355. The summed E-state index contributed by atoms with van der Waals surface area (Å²) in [7, 11) is 0. The fourth-order valence-corrected chi connectivity index (χ4v) is 4.77. The summed E-state index contributed by atoms with van der Waals surface area (Å²) < 4.78 is 5.30. The summed E-state index contributed by atoms with van der Waals surface area (Å²) in [5.74, 6) is -1.78. The number of rotatable bonds is 6. The first kappa shape index (κ1) is 16.9. The van der Waals surface area contributed by atoms with Crippen LogP contribution in [0.1, 0.15) is 13.8 Å². The molecule has 9 heteroatoms. The summed E-state index contributed by atoms with van der Waals surface area (Å²) in [6.07, 6.45) is 1.69. The Morgan fingerprint density at radius 1 is 1.59 bits per heavy atom.